The molecule has 0 fully saturated rings. The molecule has 0 radical (unpaired) electrons. The maximum atomic E-state index is 13.1. The smallest absolute Gasteiger partial charge is 0.326 e. The molecular formula is C24H39N5O6S. The third kappa shape index (κ3) is 10.4. The molecule has 0 saturated carbocycles. The van der Waals surface area contributed by atoms with E-state index in [-0.39, 0.29) is 30.3 Å². The van der Waals surface area contributed by atoms with Crippen LogP contribution in [0.5, 0.6) is 5.75 Å². The van der Waals surface area contributed by atoms with Crippen LogP contribution in [0.15, 0.2) is 24.3 Å². The molecule has 5 atom stereocenters. The molecule has 1 aromatic rings. The van der Waals surface area contributed by atoms with Gasteiger partial charge in [0.05, 0.1) is 6.04 Å². The molecule has 0 bridgehead atoms. The van der Waals surface area contributed by atoms with Gasteiger partial charge in [0.25, 0.3) is 0 Å². The Hall–Kier alpha value is -2.83. The molecule has 202 valence electrons. The van der Waals surface area contributed by atoms with Crippen LogP contribution in [0.4, 0.5) is 0 Å². The molecular weight excluding hydrogens is 486 g/mol. The first-order chi connectivity index (χ1) is 17.0. The van der Waals surface area contributed by atoms with E-state index in [1.54, 1.807) is 19.1 Å². The molecule has 0 aliphatic heterocycles. The van der Waals surface area contributed by atoms with Gasteiger partial charge >= 0.3 is 5.97 Å². The maximum Gasteiger partial charge on any atom is 0.326 e. The molecule has 36 heavy (non-hydrogen) atoms. The number of hydrogen-bond donors (Lipinski definition) is 8. The van der Waals surface area contributed by atoms with Crippen molar-refractivity contribution in [1.29, 1.82) is 0 Å². The van der Waals surface area contributed by atoms with Gasteiger partial charge in [-0.1, -0.05) is 32.4 Å². The van der Waals surface area contributed by atoms with Gasteiger partial charge in [0.1, 0.15) is 23.9 Å². The molecule has 1 aromatic carbocycles. The van der Waals surface area contributed by atoms with Gasteiger partial charge in [0.2, 0.25) is 17.7 Å². The monoisotopic (exact) mass is 525 g/mol. The van der Waals surface area contributed by atoms with E-state index in [1.165, 1.54) is 12.1 Å². The number of unbranched alkanes of at least 4 members (excludes halogenated alkanes) is 1. The van der Waals surface area contributed by atoms with Gasteiger partial charge < -0.3 is 37.6 Å². The number of nitrogens with two attached hydrogens (primary N) is 2. The molecule has 3 amide bonds. The Morgan fingerprint density at radius 1 is 0.972 bits per heavy atom. The molecule has 5 unspecified atom stereocenters. The minimum Gasteiger partial charge on any atom is -0.508 e. The number of rotatable bonds is 16. The van der Waals surface area contributed by atoms with Gasteiger partial charge in [-0.3, -0.25) is 14.4 Å². The summed E-state index contributed by atoms with van der Waals surface area (Å²) in [4.78, 5) is 50.0. The summed E-state index contributed by atoms with van der Waals surface area (Å²) in [7, 11) is 0. The standard InChI is InChI=1S/C24H39N5O6S/c1-3-14(2)20(29-21(31)17(26)12-15-7-9-16(30)10-8-15)23(33)28-19(13-36)22(32)27-18(24(34)35)6-4-5-11-25/h7-10,14,17-20,30,36H,3-6,11-13,25-26H2,1-2H3,(H,27,32)(H,28,33)(H,29,31)(H,34,35). The Morgan fingerprint density at radius 2 is 1.58 bits per heavy atom. The first kappa shape index (κ1) is 31.2. The van der Waals surface area contributed by atoms with E-state index in [9.17, 15) is 29.4 Å². The lowest BCUT2D eigenvalue weighted by molar-refractivity contribution is -0.142. The lowest BCUT2D eigenvalue weighted by Gasteiger charge is -2.27. The van der Waals surface area contributed by atoms with E-state index in [1.807, 2.05) is 6.92 Å². The SMILES string of the molecule is CCC(C)C(NC(=O)C(N)Cc1ccc(O)cc1)C(=O)NC(CS)C(=O)NC(CCCCN)C(=O)O. The average molecular weight is 526 g/mol. The second kappa shape index (κ2) is 16.0. The average Bonchev–Trinajstić information content (AvgIpc) is 2.85. The third-order valence-corrected chi connectivity index (χ3v) is 6.26. The van der Waals surface area contributed by atoms with Gasteiger partial charge in [-0.15, -0.1) is 0 Å². The van der Waals surface area contributed by atoms with Crippen molar-refractivity contribution in [2.24, 2.45) is 17.4 Å². The number of benzene rings is 1. The first-order valence-electron chi connectivity index (χ1n) is 12.0. The fourth-order valence-corrected chi connectivity index (χ4v) is 3.68. The summed E-state index contributed by atoms with van der Waals surface area (Å²) in [5, 5.41) is 26.5. The van der Waals surface area contributed by atoms with Gasteiger partial charge in [-0.05, 0) is 55.8 Å². The second-order valence-electron chi connectivity index (χ2n) is 8.78. The molecule has 0 spiro atoms. The predicted molar refractivity (Wildman–Crippen MR) is 139 cm³/mol. The van der Waals surface area contributed by atoms with E-state index in [0.717, 1.165) is 5.56 Å². The molecule has 9 N–H and O–H groups in total. The number of hydrogen-bond acceptors (Lipinski definition) is 8. The number of aromatic hydroxyl groups is 1. The van der Waals surface area contributed by atoms with Crippen LogP contribution in [0.2, 0.25) is 0 Å². The van der Waals surface area contributed by atoms with E-state index in [4.69, 9.17) is 11.5 Å². The third-order valence-electron chi connectivity index (χ3n) is 5.90. The summed E-state index contributed by atoms with van der Waals surface area (Å²) in [6, 6.07) is 2.15. The minimum absolute atomic E-state index is 0.0751. The second-order valence-corrected chi connectivity index (χ2v) is 9.14. The Kier molecular flexibility index (Phi) is 13.9. The van der Waals surface area contributed by atoms with E-state index in [2.05, 4.69) is 28.6 Å². The summed E-state index contributed by atoms with van der Waals surface area (Å²) < 4.78 is 0. The summed E-state index contributed by atoms with van der Waals surface area (Å²) in [6.07, 6.45) is 2.11. The van der Waals surface area contributed by atoms with Crippen LogP contribution < -0.4 is 27.4 Å². The zero-order valence-electron chi connectivity index (χ0n) is 20.8. The number of thiol groups is 1. The number of aliphatic carboxylic acids is 1. The van der Waals surface area contributed by atoms with Crippen molar-refractivity contribution in [3.05, 3.63) is 29.8 Å². The van der Waals surface area contributed by atoms with Gasteiger partial charge in [-0.2, -0.15) is 12.6 Å². The van der Waals surface area contributed by atoms with Crippen LogP contribution in [0.25, 0.3) is 0 Å². The number of amides is 3. The van der Waals surface area contributed by atoms with Gasteiger partial charge in [0, 0.05) is 5.75 Å². The molecule has 0 aliphatic rings. The predicted octanol–water partition coefficient (Wildman–Crippen LogP) is -0.0941. The molecule has 1 rings (SSSR count). The molecule has 0 aliphatic carbocycles. The molecule has 0 heterocycles. The lowest BCUT2D eigenvalue weighted by Crippen LogP contribution is -2.59. The molecule has 0 aromatic heterocycles. The van der Waals surface area contributed by atoms with Crippen LogP contribution in [0.1, 0.15) is 45.1 Å². The van der Waals surface area contributed by atoms with Crippen molar-refractivity contribution >= 4 is 36.3 Å². The highest BCUT2D eigenvalue weighted by Gasteiger charge is 2.32. The molecule has 0 saturated heterocycles. The summed E-state index contributed by atoms with van der Waals surface area (Å²) in [5.41, 5.74) is 12.2. The first-order valence-corrected chi connectivity index (χ1v) is 12.7. The lowest BCUT2D eigenvalue weighted by atomic mass is 9.97. The Labute approximate surface area is 217 Å². The fraction of sp³-hybridized carbons (Fsp3) is 0.583. The number of phenolic OH excluding ortho intramolecular Hbond substituents is 1. The van der Waals surface area contributed by atoms with Crippen molar-refractivity contribution in [3.8, 4) is 5.75 Å². The number of carbonyl (C=O) groups excluding carboxylic acids is 3. The highest BCUT2D eigenvalue weighted by Crippen LogP contribution is 2.12. The van der Waals surface area contributed by atoms with Gasteiger partial charge in [0.15, 0.2) is 0 Å². The fourth-order valence-electron chi connectivity index (χ4n) is 3.42. The number of carbonyl (C=O) groups is 4. The largest absolute Gasteiger partial charge is 0.508 e. The number of carboxylic acids is 1. The van der Waals surface area contributed by atoms with Crippen molar-refractivity contribution < 1.29 is 29.4 Å². The topological polar surface area (TPSA) is 197 Å². The normalized spacial score (nSPS) is 15.1. The van der Waals surface area contributed by atoms with Crippen molar-refractivity contribution in [2.75, 3.05) is 12.3 Å². The van der Waals surface area contributed by atoms with E-state index in [0.29, 0.717) is 25.8 Å². The molecule has 12 heteroatoms. The zero-order valence-corrected chi connectivity index (χ0v) is 21.7. The highest BCUT2D eigenvalue weighted by atomic mass is 32.1. The summed E-state index contributed by atoms with van der Waals surface area (Å²) >= 11 is 4.13. The number of phenols is 1. The van der Waals surface area contributed by atoms with E-state index >= 15 is 0 Å². The van der Waals surface area contributed by atoms with Gasteiger partial charge in [-0.25, -0.2) is 4.79 Å². The Morgan fingerprint density at radius 3 is 2.11 bits per heavy atom. The van der Waals surface area contributed by atoms with Crippen LogP contribution in [0, 0.1) is 5.92 Å². The quantitative estimate of drug-likeness (QED) is 0.108. The highest BCUT2D eigenvalue weighted by molar-refractivity contribution is 7.80. The van der Waals surface area contributed by atoms with E-state index < -0.39 is 47.9 Å². The number of nitrogens with one attached hydrogen (secondary N) is 3. The van der Waals surface area contributed by atoms with Crippen molar-refractivity contribution in [1.82, 2.24) is 16.0 Å². The Bertz CT molecular complexity index is 869. The number of carboxylic acid groups (broad SMARTS) is 1. The zero-order chi connectivity index (χ0) is 27.3. The van der Waals surface area contributed by atoms with Crippen LogP contribution in [0.3, 0.4) is 0 Å². The summed E-state index contributed by atoms with van der Waals surface area (Å²) in [6.45, 7) is 4.05. The van der Waals surface area contributed by atoms with Crippen molar-refractivity contribution in [2.45, 2.75) is 70.1 Å². The minimum atomic E-state index is -1.18. The van der Waals surface area contributed by atoms with Crippen LogP contribution in [-0.4, -0.2) is 70.4 Å². The Balaban J connectivity index is 2.84. The molecule has 11 nitrogen and oxygen atoms in total. The van der Waals surface area contributed by atoms with Crippen molar-refractivity contribution in [3.63, 3.8) is 0 Å². The summed E-state index contributed by atoms with van der Waals surface area (Å²) in [5.74, 6) is -3.26. The van der Waals surface area contributed by atoms with Crippen LogP contribution >= 0.6 is 12.6 Å². The van der Waals surface area contributed by atoms with Crippen LogP contribution in [-0.2, 0) is 25.6 Å². The maximum absolute atomic E-state index is 13.1.